The van der Waals surface area contributed by atoms with E-state index >= 15 is 0 Å². The minimum absolute atomic E-state index is 0.125. The lowest BCUT2D eigenvalue weighted by Gasteiger charge is -2.10. The highest BCUT2D eigenvalue weighted by Crippen LogP contribution is 2.31. The van der Waals surface area contributed by atoms with Gasteiger partial charge < -0.3 is 9.47 Å². The maximum atomic E-state index is 12.6. The van der Waals surface area contributed by atoms with Crippen LogP contribution in [0.3, 0.4) is 0 Å². The van der Waals surface area contributed by atoms with Gasteiger partial charge in [0.25, 0.3) is 0 Å². The summed E-state index contributed by atoms with van der Waals surface area (Å²) in [6, 6.07) is 9.02. The Labute approximate surface area is 148 Å². The van der Waals surface area contributed by atoms with Crippen molar-refractivity contribution in [3.05, 3.63) is 66.0 Å². The number of pyridine rings is 1. The van der Waals surface area contributed by atoms with E-state index in [0.29, 0.717) is 29.9 Å². The Bertz CT molecular complexity index is 851. The Morgan fingerprint density at radius 3 is 2.58 bits per heavy atom. The summed E-state index contributed by atoms with van der Waals surface area (Å²) < 4.78 is 48.5. The molecule has 0 aliphatic carbocycles. The van der Waals surface area contributed by atoms with Crippen LogP contribution in [0.4, 0.5) is 13.2 Å². The predicted octanol–water partition coefficient (Wildman–Crippen LogP) is 4.74. The van der Waals surface area contributed by atoms with Gasteiger partial charge in [-0.25, -0.2) is 0 Å². The van der Waals surface area contributed by atoms with E-state index < -0.39 is 11.7 Å². The number of hydrogen-bond donors (Lipinski definition) is 0. The maximum absolute atomic E-state index is 12.6. The Kier molecular flexibility index (Phi) is 6.02. The summed E-state index contributed by atoms with van der Waals surface area (Å²) in [5, 5.41) is 9.32. The Hall–Kier alpha value is -3.27. The second-order valence-corrected chi connectivity index (χ2v) is 5.11. The molecule has 2 rings (SSSR count). The van der Waals surface area contributed by atoms with Crippen LogP contribution in [-0.4, -0.2) is 18.7 Å². The van der Waals surface area contributed by atoms with Crippen molar-refractivity contribution in [2.24, 2.45) is 0 Å². The van der Waals surface area contributed by atoms with Crippen molar-refractivity contribution in [1.29, 1.82) is 5.26 Å². The molecule has 0 saturated carbocycles. The molecule has 1 aromatic carbocycles. The van der Waals surface area contributed by atoms with Crippen molar-refractivity contribution >= 4 is 11.6 Å². The Balaban J connectivity index is 2.34. The summed E-state index contributed by atoms with van der Waals surface area (Å²) in [6.07, 6.45) is -0.670. The molecule has 0 aliphatic heterocycles. The molecule has 1 aromatic heterocycles. The van der Waals surface area contributed by atoms with Gasteiger partial charge in [0.2, 0.25) is 0 Å². The molecule has 0 amide bonds. The zero-order valence-corrected chi connectivity index (χ0v) is 13.9. The first kappa shape index (κ1) is 19.1. The standard InChI is InChI=1S/C19H15F3N2O2/c1-3-8-26-17-7-4-13(10-18(17)25-2)9-14(11-23)16-6-5-15(12-24-16)19(20,21)22/h3-7,9-10,12H,1,8H2,2H3/b14-9+. The third kappa shape index (κ3) is 4.63. The van der Waals surface area contributed by atoms with Crippen LogP contribution < -0.4 is 9.47 Å². The lowest BCUT2D eigenvalue weighted by Crippen LogP contribution is -2.05. The number of benzene rings is 1. The average Bonchev–Trinajstić information content (AvgIpc) is 2.64. The molecular weight excluding hydrogens is 345 g/mol. The number of methoxy groups -OCH3 is 1. The van der Waals surface area contributed by atoms with Gasteiger partial charge in [-0.2, -0.15) is 18.4 Å². The zero-order valence-electron chi connectivity index (χ0n) is 13.9. The molecule has 26 heavy (non-hydrogen) atoms. The molecule has 4 nitrogen and oxygen atoms in total. The number of alkyl halides is 3. The van der Waals surface area contributed by atoms with Crippen LogP contribution in [0.2, 0.25) is 0 Å². The molecule has 0 saturated heterocycles. The molecule has 0 spiro atoms. The van der Waals surface area contributed by atoms with Crippen LogP contribution in [0.5, 0.6) is 11.5 Å². The summed E-state index contributed by atoms with van der Waals surface area (Å²) in [4.78, 5) is 3.74. The number of aromatic nitrogens is 1. The van der Waals surface area contributed by atoms with Crippen molar-refractivity contribution in [3.63, 3.8) is 0 Å². The van der Waals surface area contributed by atoms with Gasteiger partial charge in [-0.15, -0.1) is 0 Å². The highest BCUT2D eigenvalue weighted by Gasteiger charge is 2.30. The smallest absolute Gasteiger partial charge is 0.417 e. The molecule has 0 N–H and O–H groups in total. The first-order chi connectivity index (χ1) is 12.4. The normalized spacial score (nSPS) is 11.6. The fourth-order valence-electron chi connectivity index (χ4n) is 2.09. The SMILES string of the molecule is C=CCOc1ccc(/C=C(\C#N)c2ccc(C(F)(F)F)cn2)cc1OC. The predicted molar refractivity (Wildman–Crippen MR) is 91.4 cm³/mol. The number of nitrogens with zero attached hydrogens (tertiary/aromatic N) is 2. The van der Waals surface area contributed by atoms with E-state index in [-0.39, 0.29) is 11.3 Å². The summed E-state index contributed by atoms with van der Waals surface area (Å²) in [6.45, 7) is 3.88. The van der Waals surface area contributed by atoms with Crippen molar-refractivity contribution in [2.75, 3.05) is 13.7 Å². The number of rotatable bonds is 6. The van der Waals surface area contributed by atoms with Crippen molar-refractivity contribution in [3.8, 4) is 17.6 Å². The highest BCUT2D eigenvalue weighted by atomic mass is 19.4. The van der Waals surface area contributed by atoms with E-state index in [1.807, 2.05) is 6.07 Å². The van der Waals surface area contributed by atoms with Gasteiger partial charge in [0.15, 0.2) is 11.5 Å². The fourth-order valence-corrected chi connectivity index (χ4v) is 2.09. The molecule has 2 aromatic rings. The van der Waals surface area contributed by atoms with E-state index in [0.717, 1.165) is 12.1 Å². The molecule has 0 radical (unpaired) electrons. The number of allylic oxidation sites excluding steroid dienone is 1. The summed E-state index contributed by atoms with van der Waals surface area (Å²) >= 11 is 0. The molecule has 0 aliphatic rings. The van der Waals surface area contributed by atoms with Gasteiger partial charge in [0.05, 0.1) is 23.9 Å². The monoisotopic (exact) mass is 360 g/mol. The molecule has 1 heterocycles. The third-order valence-corrected chi connectivity index (χ3v) is 3.34. The first-order valence-corrected chi connectivity index (χ1v) is 7.46. The van der Waals surface area contributed by atoms with Gasteiger partial charge in [-0.05, 0) is 35.9 Å². The van der Waals surface area contributed by atoms with E-state index in [9.17, 15) is 18.4 Å². The second-order valence-electron chi connectivity index (χ2n) is 5.11. The van der Waals surface area contributed by atoms with Crippen LogP contribution >= 0.6 is 0 Å². The molecule has 7 heteroatoms. The minimum atomic E-state index is -4.48. The summed E-state index contributed by atoms with van der Waals surface area (Å²) in [5.74, 6) is 0.967. The van der Waals surface area contributed by atoms with Crippen LogP contribution in [0, 0.1) is 11.3 Å². The summed E-state index contributed by atoms with van der Waals surface area (Å²) in [5.41, 5.74) is 0.0157. The van der Waals surface area contributed by atoms with E-state index in [1.165, 1.54) is 13.2 Å². The average molecular weight is 360 g/mol. The van der Waals surface area contributed by atoms with Crippen LogP contribution in [-0.2, 0) is 6.18 Å². The van der Waals surface area contributed by atoms with Crippen molar-refractivity contribution in [2.45, 2.75) is 6.18 Å². The van der Waals surface area contributed by atoms with Gasteiger partial charge in [-0.3, -0.25) is 4.98 Å². The lowest BCUT2D eigenvalue weighted by molar-refractivity contribution is -0.137. The van der Waals surface area contributed by atoms with Gasteiger partial charge in [0, 0.05) is 6.20 Å². The molecule has 0 atom stereocenters. The highest BCUT2D eigenvalue weighted by molar-refractivity contribution is 5.88. The Morgan fingerprint density at radius 1 is 1.27 bits per heavy atom. The molecule has 134 valence electrons. The topological polar surface area (TPSA) is 55.1 Å². The first-order valence-electron chi connectivity index (χ1n) is 7.46. The molecule has 0 fully saturated rings. The van der Waals surface area contributed by atoms with Crippen LogP contribution in [0.15, 0.2) is 49.2 Å². The minimum Gasteiger partial charge on any atom is -0.493 e. The molecular formula is C19H15F3N2O2. The second kappa shape index (κ2) is 8.21. The number of halogens is 3. The lowest BCUT2D eigenvalue weighted by atomic mass is 10.1. The largest absolute Gasteiger partial charge is 0.493 e. The van der Waals surface area contributed by atoms with E-state index in [1.54, 1.807) is 24.3 Å². The van der Waals surface area contributed by atoms with Gasteiger partial charge in [0.1, 0.15) is 12.7 Å². The Morgan fingerprint density at radius 2 is 2.04 bits per heavy atom. The maximum Gasteiger partial charge on any atom is 0.417 e. The van der Waals surface area contributed by atoms with Gasteiger partial charge in [-0.1, -0.05) is 18.7 Å². The van der Waals surface area contributed by atoms with Crippen molar-refractivity contribution in [1.82, 2.24) is 4.98 Å². The molecule has 0 bridgehead atoms. The van der Waals surface area contributed by atoms with Crippen molar-refractivity contribution < 1.29 is 22.6 Å². The number of hydrogen-bond acceptors (Lipinski definition) is 4. The summed E-state index contributed by atoms with van der Waals surface area (Å²) in [7, 11) is 1.48. The molecule has 0 unspecified atom stereocenters. The quantitative estimate of drug-likeness (QED) is 0.552. The van der Waals surface area contributed by atoms with E-state index in [4.69, 9.17) is 9.47 Å². The number of nitriles is 1. The van der Waals surface area contributed by atoms with Crippen LogP contribution in [0.1, 0.15) is 16.8 Å². The third-order valence-electron chi connectivity index (χ3n) is 3.34. The fraction of sp³-hybridized carbons (Fsp3) is 0.158. The van der Waals surface area contributed by atoms with E-state index in [2.05, 4.69) is 11.6 Å². The number of ether oxygens (including phenoxy) is 2. The van der Waals surface area contributed by atoms with Gasteiger partial charge >= 0.3 is 6.18 Å². The van der Waals surface area contributed by atoms with Crippen LogP contribution in [0.25, 0.3) is 11.6 Å². The zero-order chi connectivity index (χ0) is 19.2.